The fourth-order valence-electron chi connectivity index (χ4n) is 3.35. The van der Waals surface area contributed by atoms with E-state index in [1.165, 1.54) is 11.1 Å². The number of likely N-dealkylation sites (N-methyl/N-ethyl adjacent to an activating group) is 1. The van der Waals surface area contributed by atoms with Crippen molar-refractivity contribution in [3.05, 3.63) is 71.8 Å². The van der Waals surface area contributed by atoms with E-state index in [-0.39, 0.29) is 12.0 Å². The number of hydrogen-bond donors (Lipinski definition) is 0. The van der Waals surface area contributed by atoms with Crippen LogP contribution in [0.25, 0.3) is 0 Å². The number of Topliss-reactive ketones (excluding diaryl/α,β-unsaturated/α-hetero) is 1. The molecule has 2 aromatic rings. The number of likely N-dealkylation sites (tertiary alicyclic amines) is 1. The number of carbonyl (C=O) groups is 1. The minimum absolute atomic E-state index is 0.0523. The van der Waals surface area contributed by atoms with Gasteiger partial charge in [-0.3, -0.25) is 9.69 Å². The first-order valence-electron chi connectivity index (χ1n) is 7.60. The number of hydrogen-bond acceptors (Lipinski definition) is 2. The first-order chi connectivity index (χ1) is 10.3. The molecule has 1 heterocycles. The van der Waals surface area contributed by atoms with E-state index in [4.69, 9.17) is 0 Å². The van der Waals surface area contributed by atoms with Crippen LogP contribution in [-0.2, 0) is 4.79 Å². The predicted molar refractivity (Wildman–Crippen MR) is 85.4 cm³/mol. The molecular formula is C19H21NO. The SMILES string of the molecule is CN1CCCC(=O)[C@@H]1C(c1ccccc1)c1ccccc1. The molecule has 3 rings (SSSR count). The van der Waals surface area contributed by atoms with Crippen LogP contribution < -0.4 is 0 Å². The van der Waals surface area contributed by atoms with E-state index < -0.39 is 0 Å². The van der Waals surface area contributed by atoms with Gasteiger partial charge in [0.15, 0.2) is 5.78 Å². The Hall–Kier alpha value is -1.93. The summed E-state index contributed by atoms with van der Waals surface area (Å²) in [6.07, 6.45) is 1.67. The Bertz CT molecular complexity index is 554. The van der Waals surface area contributed by atoms with Crippen LogP contribution in [0.15, 0.2) is 60.7 Å². The van der Waals surface area contributed by atoms with Crippen LogP contribution in [0.2, 0.25) is 0 Å². The normalized spacial score (nSPS) is 19.9. The highest BCUT2D eigenvalue weighted by molar-refractivity contribution is 5.86. The molecule has 0 amide bonds. The average molecular weight is 279 g/mol. The number of piperidine rings is 1. The lowest BCUT2D eigenvalue weighted by atomic mass is 9.80. The van der Waals surface area contributed by atoms with Crippen LogP contribution in [0, 0.1) is 0 Å². The lowest BCUT2D eigenvalue weighted by Gasteiger charge is -2.37. The van der Waals surface area contributed by atoms with Gasteiger partial charge in [0.05, 0.1) is 6.04 Å². The standard InChI is InChI=1S/C19H21NO/c1-20-14-8-13-17(21)19(20)18(15-9-4-2-5-10-15)16-11-6-3-7-12-16/h2-7,9-12,18-19H,8,13-14H2,1H3/t19-/m1/s1. The van der Waals surface area contributed by atoms with Crippen LogP contribution in [-0.4, -0.2) is 30.3 Å². The second kappa shape index (κ2) is 6.23. The third kappa shape index (κ3) is 2.91. The summed E-state index contributed by atoms with van der Waals surface area (Å²) in [4.78, 5) is 14.8. The fourth-order valence-corrected chi connectivity index (χ4v) is 3.35. The van der Waals surface area contributed by atoms with Crippen LogP contribution in [0.4, 0.5) is 0 Å². The maximum atomic E-state index is 12.6. The molecule has 1 atom stereocenters. The molecule has 2 nitrogen and oxygen atoms in total. The van der Waals surface area contributed by atoms with Crippen molar-refractivity contribution < 1.29 is 4.79 Å². The van der Waals surface area contributed by atoms with E-state index in [2.05, 4.69) is 60.5 Å². The second-order valence-electron chi connectivity index (χ2n) is 5.79. The van der Waals surface area contributed by atoms with Gasteiger partial charge in [-0.25, -0.2) is 0 Å². The van der Waals surface area contributed by atoms with Crippen molar-refractivity contribution in [2.24, 2.45) is 0 Å². The largest absolute Gasteiger partial charge is 0.298 e. The predicted octanol–water partition coefficient (Wildman–Crippen LogP) is 3.48. The third-order valence-electron chi connectivity index (χ3n) is 4.37. The van der Waals surface area contributed by atoms with Crippen LogP contribution >= 0.6 is 0 Å². The summed E-state index contributed by atoms with van der Waals surface area (Å²) in [5.74, 6) is 0.478. The quantitative estimate of drug-likeness (QED) is 0.857. The van der Waals surface area contributed by atoms with Crippen molar-refractivity contribution in [2.75, 3.05) is 13.6 Å². The number of benzene rings is 2. The summed E-state index contributed by atoms with van der Waals surface area (Å²) >= 11 is 0. The molecule has 2 heteroatoms. The topological polar surface area (TPSA) is 20.3 Å². The summed E-state index contributed by atoms with van der Waals surface area (Å²) in [7, 11) is 2.07. The van der Waals surface area contributed by atoms with Crippen molar-refractivity contribution in [1.82, 2.24) is 4.90 Å². The van der Waals surface area contributed by atoms with Gasteiger partial charge in [-0.2, -0.15) is 0 Å². The first kappa shape index (κ1) is 14.0. The van der Waals surface area contributed by atoms with Gasteiger partial charge in [0, 0.05) is 12.3 Å². The van der Waals surface area contributed by atoms with Crippen molar-refractivity contribution in [3.8, 4) is 0 Å². The van der Waals surface area contributed by atoms with Crippen LogP contribution in [0.1, 0.15) is 29.9 Å². The lowest BCUT2D eigenvalue weighted by Crippen LogP contribution is -2.47. The molecule has 0 saturated carbocycles. The number of carbonyl (C=O) groups excluding carboxylic acids is 1. The maximum Gasteiger partial charge on any atom is 0.150 e. The fraction of sp³-hybridized carbons (Fsp3) is 0.316. The molecule has 0 aliphatic carbocycles. The Morgan fingerprint density at radius 1 is 0.952 bits per heavy atom. The Labute approximate surface area is 126 Å². The highest BCUT2D eigenvalue weighted by Crippen LogP contribution is 2.33. The van der Waals surface area contributed by atoms with Gasteiger partial charge in [0.1, 0.15) is 0 Å². The Kier molecular flexibility index (Phi) is 4.16. The molecule has 2 aromatic carbocycles. The van der Waals surface area contributed by atoms with Gasteiger partial charge < -0.3 is 0 Å². The second-order valence-corrected chi connectivity index (χ2v) is 5.79. The Balaban J connectivity index is 2.06. The molecule has 108 valence electrons. The van der Waals surface area contributed by atoms with Gasteiger partial charge in [0.2, 0.25) is 0 Å². The van der Waals surface area contributed by atoms with E-state index in [1.807, 2.05) is 12.1 Å². The minimum Gasteiger partial charge on any atom is -0.298 e. The van der Waals surface area contributed by atoms with Gasteiger partial charge in [0.25, 0.3) is 0 Å². The Morgan fingerprint density at radius 3 is 1.95 bits per heavy atom. The van der Waals surface area contributed by atoms with Gasteiger partial charge in [-0.15, -0.1) is 0 Å². The summed E-state index contributed by atoms with van der Waals surface area (Å²) in [5.41, 5.74) is 2.44. The van der Waals surface area contributed by atoms with Crippen LogP contribution in [0.5, 0.6) is 0 Å². The number of nitrogens with zero attached hydrogens (tertiary/aromatic N) is 1. The maximum absolute atomic E-state index is 12.6. The molecule has 0 spiro atoms. The molecule has 1 fully saturated rings. The molecule has 0 aromatic heterocycles. The molecule has 1 saturated heterocycles. The Morgan fingerprint density at radius 2 is 1.48 bits per heavy atom. The average Bonchev–Trinajstić information content (AvgIpc) is 2.53. The van der Waals surface area contributed by atoms with E-state index in [0.29, 0.717) is 12.2 Å². The van der Waals surface area contributed by atoms with Crippen molar-refractivity contribution in [1.29, 1.82) is 0 Å². The monoisotopic (exact) mass is 279 g/mol. The highest BCUT2D eigenvalue weighted by Gasteiger charge is 2.35. The summed E-state index contributed by atoms with van der Waals surface area (Å²) in [5, 5.41) is 0. The lowest BCUT2D eigenvalue weighted by molar-refractivity contribution is -0.126. The molecule has 1 aliphatic rings. The number of ketones is 1. The number of rotatable bonds is 3. The smallest absolute Gasteiger partial charge is 0.150 e. The van der Waals surface area contributed by atoms with E-state index in [1.54, 1.807) is 0 Å². The molecule has 0 radical (unpaired) electrons. The molecule has 0 bridgehead atoms. The van der Waals surface area contributed by atoms with Crippen molar-refractivity contribution in [3.63, 3.8) is 0 Å². The van der Waals surface area contributed by atoms with E-state index in [0.717, 1.165) is 13.0 Å². The van der Waals surface area contributed by atoms with Gasteiger partial charge in [-0.1, -0.05) is 60.7 Å². The van der Waals surface area contributed by atoms with E-state index in [9.17, 15) is 4.79 Å². The zero-order valence-corrected chi connectivity index (χ0v) is 12.4. The molecular weight excluding hydrogens is 258 g/mol. The molecule has 21 heavy (non-hydrogen) atoms. The van der Waals surface area contributed by atoms with Gasteiger partial charge >= 0.3 is 0 Å². The summed E-state index contributed by atoms with van der Waals surface area (Å²) < 4.78 is 0. The zero-order valence-electron chi connectivity index (χ0n) is 12.4. The zero-order chi connectivity index (χ0) is 14.7. The molecule has 1 aliphatic heterocycles. The van der Waals surface area contributed by atoms with E-state index >= 15 is 0 Å². The summed E-state index contributed by atoms with van der Waals surface area (Å²) in [6, 6.07) is 20.7. The van der Waals surface area contributed by atoms with Crippen LogP contribution in [0.3, 0.4) is 0 Å². The van der Waals surface area contributed by atoms with Crippen molar-refractivity contribution >= 4 is 5.78 Å². The van der Waals surface area contributed by atoms with Gasteiger partial charge in [-0.05, 0) is 31.1 Å². The third-order valence-corrected chi connectivity index (χ3v) is 4.37. The summed E-state index contributed by atoms with van der Waals surface area (Å²) in [6.45, 7) is 0.993. The molecule has 0 N–H and O–H groups in total. The molecule has 0 unspecified atom stereocenters. The highest BCUT2D eigenvalue weighted by atomic mass is 16.1. The van der Waals surface area contributed by atoms with Crippen molar-refractivity contribution in [2.45, 2.75) is 24.8 Å². The minimum atomic E-state index is -0.0523. The first-order valence-corrected chi connectivity index (χ1v) is 7.60.